The fourth-order valence-electron chi connectivity index (χ4n) is 3.63. The number of hydrogen-bond acceptors (Lipinski definition) is 4. The van der Waals surface area contributed by atoms with E-state index in [4.69, 9.17) is 15.7 Å². The minimum absolute atomic E-state index is 0.305. The summed E-state index contributed by atoms with van der Waals surface area (Å²) in [4.78, 5) is 22.8. The van der Waals surface area contributed by atoms with Crippen molar-refractivity contribution >= 4 is 39.6 Å². The fraction of sp³-hybridized carbons (Fsp3) is 0.0417. The van der Waals surface area contributed by atoms with Gasteiger partial charge in [0, 0.05) is 11.4 Å². The van der Waals surface area contributed by atoms with Gasteiger partial charge < -0.3 is 11.1 Å². The number of nitrogens with zero attached hydrogens (tertiary/aromatic N) is 3. The minimum atomic E-state index is -0.320. The molecule has 0 bridgehead atoms. The SMILES string of the molecule is Cc1cccc(-n2c(N)c(C(=O)Nc3ccccc3)c3nc4ccccc4nc32)c1. The molecule has 0 fully saturated rings. The lowest BCUT2D eigenvalue weighted by Gasteiger charge is -2.09. The van der Waals surface area contributed by atoms with Crippen LogP contribution in [0.25, 0.3) is 27.9 Å². The fourth-order valence-corrected chi connectivity index (χ4v) is 3.63. The third kappa shape index (κ3) is 2.95. The van der Waals surface area contributed by atoms with E-state index in [-0.39, 0.29) is 5.91 Å². The average molecular weight is 393 g/mol. The summed E-state index contributed by atoms with van der Waals surface area (Å²) in [5.41, 5.74) is 11.9. The van der Waals surface area contributed by atoms with Crippen LogP contribution in [0.2, 0.25) is 0 Å². The summed E-state index contributed by atoms with van der Waals surface area (Å²) in [6.07, 6.45) is 0. The van der Waals surface area contributed by atoms with Gasteiger partial charge in [0.1, 0.15) is 16.9 Å². The zero-order valence-electron chi connectivity index (χ0n) is 16.3. The molecule has 0 unspecified atom stereocenters. The number of nitrogen functional groups attached to an aromatic ring is 1. The number of aryl methyl sites for hydroxylation is 1. The molecule has 5 aromatic rings. The number of carbonyl (C=O) groups is 1. The molecule has 0 radical (unpaired) electrons. The largest absolute Gasteiger partial charge is 0.384 e. The topological polar surface area (TPSA) is 85.8 Å². The Morgan fingerprint density at radius 1 is 0.900 bits per heavy atom. The highest BCUT2D eigenvalue weighted by Crippen LogP contribution is 2.31. The van der Waals surface area contributed by atoms with Gasteiger partial charge in [-0.1, -0.05) is 42.5 Å². The van der Waals surface area contributed by atoms with Gasteiger partial charge in [-0.3, -0.25) is 9.36 Å². The van der Waals surface area contributed by atoms with E-state index in [2.05, 4.69) is 5.32 Å². The summed E-state index contributed by atoms with van der Waals surface area (Å²) in [7, 11) is 0. The van der Waals surface area contributed by atoms with Gasteiger partial charge in [0.15, 0.2) is 5.65 Å². The molecule has 6 nitrogen and oxygen atoms in total. The van der Waals surface area contributed by atoms with Crippen LogP contribution in [0.4, 0.5) is 11.5 Å². The molecule has 5 rings (SSSR count). The molecular weight excluding hydrogens is 374 g/mol. The van der Waals surface area contributed by atoms with Crippen molar-refractivity contribution in [2.45, 2.75) is 6.92 Å². The molecule has 0 spiro atoms. The van der Waals surface area contributed by atoms with E-state index in [1.54, 1.807) is 4.57 Å². The molecular formula is C24H19N5O. The van der Waals surface area contributed by atoms with Crippen molar-refractivity contribution in [2.24, 2.45) is 0 Å². The van der Waals surface area contributed by atoms with Crippen molar-refractivity contribution in [1.82, 2.24) is 14.5 Å². The number of amides is 1. The quantitative estimate of drug-likeness (QED) is 0.465. The van der Waals surface area contributed by atoms with E-state index in [1.165, 1.54) is 0 Å². The summed E-state index contributed by atoms with van der Waals surface area (Å²) >= 11 is 0. The van der Waals surface area contributed by atoms with Crippen LogP contribution in [0, 0.1) is 6.92 Å². The number of para-hydroxylation sites is 3. The second-order valence-electron chi connectivity index (χ2n) is 7.14. The molecule has 0 saturated heterocycles. The molecule has 0 aliphatic rings. The highest BCUT2D eigenvalue weighted by atomic mass is 16.1. The molecule has 0 aliphatic carbocycles. The first-order valence-electron chi connectivity index (χ1n) is 9.62. The van der Waals surface area contributed by atoms with Gasteiger partial charge in [0.25, 0.3) is 5.91 Å². The second kappa shape index (κ2) is 7.00. The summed E-state index contributed by atoms with van der Waals surface area (Å²) < 4.78 is 1.79. The monoisotopic (exact) mass is 393 g/mol. The molecule has 2 heterocycles. The molecule has 1 amide bonds. The average Bonchev–Trinajstić information content (AvgIpc) is 3.03. The standard InChI is InChI=1S/C24H19N5O/c1-15-8-7-11-17(14-15)29-22(25)20(24(30)26-16-9-3-2-4-10-16)21-23(29)28-19-13-6-5-12-18(19)27-21/h2-14H,25H2,1H3,(H,26,30). The van der Waals surface area contributed by atoms with Gasteiger partial charge in [-0.15, -0.1) is 0 Å². The van der Waals surface area contributed by atoms with E-state index in [0.717, 1.165) is 16.8 Å². The number of fused-ring (bicyclic) bond motifs is 2. The van der Waals surface area contributed by atoms with Crippen LogP contribution in [0.1, 0.15) is 15.9 Å². The van der Waals surface area contributed by atoms with Crippen LogP contribution in [0.3, 0.4) is 0 Å². The Hall–Kier alpha value is -4.19. The Morgan fingerprint density at radius 3 is 2.33 bits per heavy atom. The van der Waals surface area contributed by atoms with Gasteiger partial charge in [-0.2, -0.15) is 0 Å². The number of benzene rings is 3. The van der Waals surface area contributed by atoms with Crippen molar-refractivity contribution in [3.63, 3.8) is 0 Å². The minimum Gasteiger partial charge on any atom is -0.384 e. The van der Waals surface area contributed by atoms with Crippen LogP contribution in [-0.2, 0) is 0 Å². The lowest BCUT2D eigenvalue weighted by atomic mass is 10.2. The first-order valence-corrected chi connectivity index (χ1v) is 9.62. The normalized spacial score (nSPS) is 11.1. The molecule has 2 aromatic heterocycles. The lowest BCUT2D eigenvalue weighted by Crippen LogP contribution is -2.14. The number of nitrogens with one attached hydrogen (secondary N) is 1. The Labute approximate surface area is 173 Å². The maximum atomic E-state index is 13.2. The van der Waals surface area contributed by atoms with Gasteiger partial charge in [-0.05, 0) is 48.9 Å². The third-order valence-electron chi connectivity index (χ3n) is 5.02. The number of hydrogen-bond donors (Lipinski definition) is 2. The number of rotatable bonds is 3. The molecule has 146 valence electrons. The first-order chi connectivity index (χ1) is 14.6. The molecule has 3 aromatic carbocycles. The highest BCUT2D eigenvalue weighted by Gasteiger charge is 2.25. The van der Waals surface area contributed by atoms with E-state index >= 15 is 0 Å². The van der Waals surface area contributed by atoms with Crippen LogP contribution in [0.5, 0.6) is 0 Å². The molecule has 0 aliphatic heterocycles. The predicted molar refractivity (Wildman–Crippen MR) is 120 cm³/mol. The van der Waals surface area contributed by atoms with Gasteiger partial charge in [0.2, 0.25) is 0 Å². The molecule has 0 saturated carbocycles. The van der Waals surface area contributed by atoms with Crippen molar-refractivity contribution in [3.8, 4) is 5.69 Å². The molecule has 3 N–H and O–H groups in total. The molecule has 30 heavy (non-hydrogen) atoms. The van der Waals surface area contributed by atoms with Gasteiger partial charge in [0.05, 0.1) is 11.0 Å². The number of carbonyl (C=O) groups excluding carboxylic acids is 1. The van der Waals surface area contributed by atoms with Gasteiger partial charge in [-0.25, -0.2) is 9.97 Å². The number of nitrogens with two attached hydrogens (primary N) is 1. The number of anilines is 2. The highest BCUT2D eigenvalue weighted by molar-refractivity contribution is 6.16. The van der Waals surface area contributed by atoms with E-state index in [1.807, 2.05) is 85.8 Å². The van der Waals surface area contributed by atoms with Gasteiger partial charge >= 0.3 is 0 Å². The maximum absolute atomic E-state index is 13.2. The summed E-state index contributed by atoms with van der Waals surface area (Å²) in [6.45, 7) is 2.01. The Morgan fingerprint density at radius 2 is 1.60 bits per heavy atom. The van der Waals surface area contributed by atoms with Crippen LogP contribution in [-0.4, -0.2) is 20.4 Å². The zero-order chi connectivity index (χ0) is 20.7. The second-order valence-corrected chi connectivity index (χ2v) is 7.14. The van der Waals surface area contributed by atoms with Crippen molar-refractivity contribution in [2.75, 3.05) is 11.1 Å². The summed E-state index contributed by atoms with van der Waals surface area (Å²) in [5.74, 6) is -0.0148. The zero-order valence-corrected chi connectivity index (χ0v) is 16.3. The molecule has 0 atom stereocenters. The van der Waals surface area contributed by atoms with Crippen LogP contribution < -0.4 is 11.1 Å². The predicted octanol–water partition coefficient (Wildman–Crippen LogP) is 4.72. The first kappa shape index (κ1) is 17.9. The van der Waals surface area contributed by atoms with Crippen LogP contribution >= 0.6 is 0 Å². The van der Waals surface area contributed by atoms with E-state index in [9.17, 15) is 4.79 Å². The van der Waals surface area contributed by atoms with E-state index in [0.29, 0.717) is 33.7 Å². The lowest BCUT2D eigenvalue weighted by molar-refractivity contribution is 0.102. The number of aromatic nitrogens is 3. The maximum Gasteiger partial charge on any atom is 0.261 e. The smallest absolute Gasteiger partial charge is 0.261 e. The van der Waals surface area contributed by atoms with Crippen molar-refractivity contribution in [3.05, 3.63) is 90.0 Å². The Bertz CT molecular complexity index is 1410. The Balaban J connectivity index is 1.78. The van der Waals surface area contributed by atoms with E-state index < -0.39 is 0 Å². The Kier molecular flexibility index (Phi) is 4.17. The summed E-state index contributed by atoms with van der Waals surface area (Å²) in [5, 5.41) is 2.92. The third-order valence-corrected chi connectivity index (χ3v) is 5.02. The van der Waals surface area contributed by atoms with Crippen LogP contribution in [0.15, 0.2) is 78.9 Å². The van der Waals surface area contributed by atoms with Crippen molar-refractivity contribution < 1.29 is 4.79 Å². The molecule has 6 heteroatoms. The van der Waals surface area contributed by atoms with Crippen molar-refractivity contribution in [1.29, 1.82) is 0 Å². The summed E-state index contributed by atoms with van der Waals surface area (Å²) in [6, 6.07) is 24.8.